The topological polar surface area (TPSA) is 58.6 Å². The number of amides is 1. The molecule has 1 atom stereocenters. The fourth-order valence-electron chi connectivity index (χ4n) is 3.34. The highest BCUT2D eigenvalue weighted by Crippen LogP contribution is 2.47. The second-order valence-electron chi connectivity index (χ2n) is 7.78. The smallest absolute Gasteiger partial charge is 0.422 e. The van der Waals surface area contributed by atoms with Crippen LogP contribution in [0.25, 0.3) is 0 Å². The van der Waals surface area contributed by atoms with Gasteiger partial charge in [0.2, 0.25) is 5.91 Å². The fraction of sp³-hybridized carbons (Fsp3) is 0.381. The van der Waals surface area contributed by atoms with Crippen molar-refractivity contribution >= 4 is 21.8 Å². The number of ether oxygens (including phenoxy) is 1. The number of rotatable bonds is 7. The zero-order chi connectivity index (χ0) is 23.0. The van der Waals surface area contributed by atoms with Gasteiger partial charge in [-0.15, -0.1) is 0 Å². The van der Waals surface area contributed by atoms with E-state index >= 15 is 0 Å². The summed E-state index contributed by atoms with van der Waals surface area (Å²) in [6.07, 6.45) is -3.93. The highest BCUT2D eigenvalue weighted by molar-refractivity contribution is 9.10. The van der Waals surface area contributed by atoms with E-state index < -0.39 is 47.9 Å². The van der Waals surface area contributed by atoms with Crippen molar-refractivity contribution in [2.24, 2.45) is 0 Å². The quantitative estimate of drug-likeness (QED) is 0.514. The molecule has 1 amide bonds. The largest absolute Gasteiger partial charge is 0.484 e. The summed E-state index contributed by atoms with van der Waals surface area (Å²) >= 11 is 3.23. The Morgan fingerprint density at radius 3 is 2.45 bits per heavy atom. The Morgan fingerprint density at radius 2 is 1.87 bits per heavy atom. The lowest BCUT2D eigenvalue weighted by Crippen LogP contribution is -2.39. The van der Waals surface area contributed by atoms with E-state index in [4.69, 9.17) is 4.74 Å². The number of hydrogen-bond acceptors (Lipinski definition) is 3. The molecule has 31 heavy (non-hydrogen) atoms. The average molecular weight is 508 g/mol. The van der Waals surface area contributed by atoms with E-state index in [-0.39, 0.29) is 11.3 Å². The van der Waals surface area contributed by atoms with Crippen LogP contribution in [0.15, 0.2) is 40.9 Å². The van der Waals surface area contributed by atoms with Crippen molar-refractivity contribution < 1.29 is 36.6 Å². The second kappa shape index (κ2) is 8.38. The minimum absolute atomic E-state index is 0.0115. The molecule has 2 N–H and O–H groups in total. The van der Waals surface area contributed by atoms with Gasteiger partial charge in [0.15, 0.2) is 6.61 Å². The first-order valence-corrected chi connectivity index (χ1v) is 10.1. The molecule has 10 heteroatoms. The Morgan fingerprint density at radius 1 is 1.19 bits per heavy atom. The highest BCUT2D eigenvalue weighted by Gasteiger charge is 2.47. The van der Waals surface area contributed by atoms with E-state index in [9.17, 15) is 31.9 Å². The molecule has 0 unspecified atom stereocenters. The molecule has 0 heterocycles. The molecule has 2 aromatic rings. The molecule has 0 saturated heterocycles. The Labute approximate surface area is 183 Å². The number of alkyl halides is 3. The summed E-state index contributed by atoms with van der Waals surface area (Å²) in [6, 6.07) is 7.14. The van der Waals surface area contributed by atoms with Gasteiger partial charge in [-0.1, -0.05) is 22.0 Å². The minimum atomic E-state index is -4.49. The maximum absolute atomic E-state index is 14.0. The molecule has 0 radical (unpaired) electrons. The van der Waals surface area contributed by atoms with E-state index in [2.05, 4.69) is 21.2 Å². The first-order chi connectivity index (χ1) is 14.3. The van der Waals surface area contributed by atoms with Crippen LogP contribution in [0.3, 0.4) is 0 Å². The van der Waals surface area contributed by atoms with Crippen molar-refractivity contribution in [3.8, 4) is 5.75 Å². The van der Waals surface area contributed by atoms with Crippen LogP contribution < -0.4 is 10.1 Å². The first-order valence-electron chi connectivity index (χ1n) is 9.29. The number of halogens is 6. The lowest BCUT2D eigenvalue weighted by Gasteiger charge is -2.26. The van der Waals surface area contributed by atoms with Crippen LogP contribution in [0.1, 0.15) is 37.3 Å². The standard InChI is InChI=1S/C21H19BrF5NO3/c1-19(30,16-3-2-14(23)9-17(16)24)10-18(29)28-20(4-5-20)12-6-13(22)8-15(7-12)31-11-21(25,26)27/h2-3,6-9,30H,4-5,10-11H2,1H3,(H,28,29)/t19-/m0/s1. The number of carbonyl (C=O) groups excluding carboxylic acids is 1. The van der Waals surface area contributed by atoms with E-state index in [1.54, 1.807) is 6.07 Å². The number of benzene rings is 2. The molecule has 1 aliphatic carbocycles. The molecular weight excluding hydrogens is 489 g/mol. The van der Waals surface area contributed by atoms with Crippen LogP contribution in [0, 0.1) is 11.6 Å². The van der Waals surface area contributed by atoms with Crippen LogP contribution in [-0.4, -0.2) is 23.8 Å². The third-order valence-electron chi connectivity index (χ3n) is 4.97. The number of nitrogens with one attached hydrogen (secondary N) is 1. The average Bonchev–Trinajstić information content (AvgIpc) is 3.38. The van der Waals surface area contributed by atoms with Crippen molar-refractivity contribution in [3.05, 3.63) is 63.6 Å². The molecule has 0 aromatic heterocycles. The highest BCUT2D eigenvalue weighted by atomic mass is 79.9. The maximum Gasteiger partial charge on any atom is 0.422 e. The zero-order valence-electron chi connectivity index (χ0n) is 16.3. The van der Waals surface area contributed by atoms with Crippen LogP contribution in [0.5, 0.6) is 5.75 Å². The van der Waals surface area contributed by atoms with Crippen LogP contribution in [0.2, 0.25) is 0 Å². The summed E-state index contributed by atoms with van der Waals surface area (Å²) in [5, 5.41) is 13.4. The molecule has 2 aromatic carbocycles. The van der Waals surface area contributed by atoms with Crippen LogP contribution in [-0.2, 0) is 15.9 Å². The summed E-state index contributed by atoms with van der Waals surface area (Å²) in [4.78, 5) is 12.6. The molecule has 168 valence electrons. The predicted octanol–water partition coefficient (Wildman–Crippen LogP) is 5.07. The van der Waals surface area contributed by atoms with Crippen molar-refractivity contribution in [1.82, 2.24) is 5.32 Å². The summed E-state index contributed by atoms with van der Waals surface area (Å²) in [5.41, 5.74) is -2.40. The maximum atomic E-state index is 14.0. The molecule has 1 aliphatic rings. The summed E-state index contributed by atoms with van der Waals surface area (Å²) in [6.45, 7) is -0.209. The lowest BCUT2D eigenvalue weighted by molar-refractivity contribution is -0.153. The molecule has 1 fully saturated rings. The zero-order valence-corrected chi connectivity index (χ0v) is 17.9. The summed E-state index contributed by atoms with van der Waals surface area (Å²) in [5.74, 6) is -2.39. The Hall–Kier alpha value is -2.20. The van der Waals surface area contributed by atoms with Gasteiger partial charge in [0, 0.05) is 16.1 Å². The molecule has 0 spiro atoms. The minimum Gasteiger partial charge on any atom is -0.484 e. The van der Waals surface area contributed by atoms with Gasteiger partial charge < -0.3 is 15.2 Å². The Bertz CT molecular complexity index is 989. The van der Waals surface area contributed by atoms with E-state index in [1.807, 2.05) is 0 Å². The summed E-state index contributed by atoms with van der Waals surface area (Å²) < 4.78 is 69.8. The third-order valence-corrected chi connectivity index (χ3v) is 5.43. The lowest BCUT2D eigenvalue weighted by atomic mass is 9.91. The summed E-state index contributed by atoms with van der Waals surface area (Å²) in [7, 11) is 0. The molecule has 1 saturated carbocycles. The second-order valence-corrected chi connectivity index (χ2v) is 8.70. The van der Waals surface area contributed by atoms with E-state index in [1.165, 1.54) is 19.1 Å². The SMILES string of the molecule is C[C@](O)(CC(=O)NC1(c2cc(Br)cc(OCC(F)(F)F)c2)CC1)c1ccc(F)cc1F. The van der Waals surface area contributed by atoms with Crippen molar-refractivity contribution in [3.63, 3.8) is 0 Å². The van der Waals surface area contributed by atoms with Gasteiger partial charge in [-0.25, -0.2) is 8.78 Å². The predicted molar refractivity (Wildman–Crippen MR) is 105 cm³/mol. The van der Waals surface area contributed by atoms with E-state index in [0.717, 1.165) is 12.1 Å². The van der Waals surface area contributed by atoms with Gasteiger partial charge in [-0.2, -0.15) is 13.2 Å². The molecule has 4 nitrogen and oxygen atoms in total. The van der Waals surface area contributed by atoms with Crippen LogP contribution in [0.4, 0.5) is 22.0 Å². The first kappa shape index (κ1) is 23.5. The van der Waals surface area contributed by atoms with Gasteiger partial charge >= 0.3 is 6.18 Å². The van der Waals surface area contributed by atoms with Gasteiger partial charge in [0.05, 0.1) is 17.6 Å². The van der Waals surface area contributed by atoms with Crippen molar-refractivity contribution in [1.29, 1.82) is 0 Å². The normalized spacial score (nSPS) is 17.0. The Kier molecular flexibility index (Phi) is 6.35. The van der Waals surface area contributed by atoms with E-state index in [0.29, 0.717) is 28.9 Å². The molecule has 0 aliphatic heterocycles. The van der Waals surface area contributed by atoms with Gasteiger partial charge in [0.25, 0.3) is 0 Å². The Balaban J connectivity index is 1.73. The van der Waals surface area contributed by atoms with Gasteiger partial charge in [-0.3, -0.25) is 4.79 Å². The van der Waals surface area contributed by atoms with Gasteiger partial charge in [0.1, 0.15) is 17.4 Å². The van der Waals surface area contributed by atoms with Crippen molar-refractivity contribution in [2.45, 2.75) is 43.5 Å². The number of hydrogen-bond donors (Lipinski definition) is 2. The third kappa shape index (κ3) is 5.94. The fourth-order valence-corrected chi connectivity index (χ4v) is 3.82. The number of carbonyl (C=O) groups is 1. The van der Waals surface area contributed by atoms with Crippen molar-refractivity contribution in [2.75, 3.05) is 6.61 Å². The number of aliphatic hydroxyl groups is 1. The molecule has 0 bridgehead atoms. The molecule has 3 rings (SSSR count). The molecular formula is C21H19BrF5NO3. The van der Waals surface area contributed by atoms with Crippen LogP contribution >= 0.6 is 15.9 Å². The monoisotopic (exact) mass is 507 g/mol. The van der Waals surface area contributed by atoms with Gasteiger partial charge in [-0.05, 0) is 49.6 Å².